The van der Waals surface area contributed by atoms with Gasteiger partial charge in [0.2, 0.25) is 5.91 Å². The molecule has 27 heavy (non-hydrogen) atoms. The van der Waals surface area contributed by atoms with Crippen LogP contribution in [-0.4, -0.2) is 36.7 Å². The molecule has 0 radical (unpaired) electrons. The molecule has 2 aromatic rings. The Labute approximate surface area is 176 Å². The molecule has 1 aliphatic heterocycles. The van der Waals surface area contributed by atoms with E-state index in [0.717, 1.165) is 17.1 Å². The van der Waals surface area contributed by atoms with Crippen molar-refractivity contribution in [1.82, 2.24) is 15.8 Å². The topological polar surface area (TPSA) is 82.8 Å². The van der Waals surface area contributed by atoms with Crippen molar-refractivity contribution in [3.05, 3.63) is 47.9 Å². The van der Waals surface area contributed by atoms with Crippen LogP contribution in [0.25, 0.3) is 0 Å². The smallest absolute Gasteiger partial charge is 0.229 e. The molecule has 1 amide bonds. The van der Waals surface area contributed by atoms with Crippen molar-refractivity contribution < 1.29 is 9.32 Å². The maximum atomic E-state index is 12.3. The van der Waals surface area contributed by atoms with Gasteiger partial charge in [-0.2, -0.15) is 0 Å². The van der Waals surface area contributed by atoms with Gasteiger partial charge in [-0.25, -0.2) is 0 Å². The molecule has 8 heteroatoms. The van der Waals surface area contributed by atoms with Gasteiger partial charge in [-0.1, -0.05) is 37.2 Å². The zero-order chi connectivity index (χ0) is 18.5. The lowest BCUT2D eigenvalue weighted by molar-refractivity contribution is -0.117. The van der Waals surface area contributed by atoms with Gasteiger partial charge in [0.25, 0.3) is 0 Å². The molecule has 0 bridgehead atoms. The number of halogens is 1. The standard InChI is InChI=1S/C19H25N5O2.HI/c1-13(2)17-10-16(26-23-17)11-21-19(20-3)22-14-9-18(25)24(12-14)15-7-5-4-6-8-15;/h4-8,10,13-14H,9,11-12H2,1-3H3,(H2,20,21,22);1H. The van der Waals surface area contributed by atoms with E-state index in [1.54, 1.807) is 11.9 Å². The first kappa shape index (κ1) is 21.2. The molecule has 1 atom stereocenters. The first-order valence-corrected chi connectivity index (χ1v) is 8.85. The second-order valence-electron chi connectivity index (χ2n) is 6.68. The van der Waals surface area contributed by atoms with Gasteiger partial charge >= 0.3 is 0 Å². The number of para-hydroxylation sites is 1. The molecule has 1 aromatic carbocycles. The Morgan fingerprint density at radius 2 is 2.11 bits per heavy atom. The van der Waals surface area contributed by atoms with Crippen LogP contribution in [0, 0.1) is 0 Å². The number of rotatable bonds is 5. The third kappa shape index (κ3) is 5.44. The molecule has 7 nitrogen and oxygen atoms in total. The predicted octanol–water partition coefficient (Wildman–Crippen LogP) is 2.89. The van der Waals surface area contributed by atoms with E-state index in [-0.39, 0.29) is 35.9 Å². The fourth-order valence-corrected chi connectivity index (χ4v) is 2.90. The van der Waals surface area contributed by atoms with Gasteiger partial charge in [-0.3, -0.25) is 9.79 Å². The molecule has 1 saturated heterocycles. The lowest BCUT2D eigenvalue weighted by atomic mass is 10.1. The number of carbonyl (C=O) groups excluding carboxylic acids is 1. The molecule has 1 aliphatic rings. The number of aromatic nitrogens is 1. The number of guanidine groups is 1. The fourth-order valence-electron chi connectivity index (χ4n) is 2.90. The van der Waals surface area contributed by atoms with Crippen molar-refractivity contribution in [2.24, 2.45) is 4.99 Å². The molecule has 1 fully saturated rings. The highest BCUT2D eigenvalue weighted by molar-refractivity contribution is 14.0. The Bertz CT molecular complexity index is 775. The quantitative estimate of drug-likeness (QED) is 0.389. The SMILES string of the molecule is CN=C(NCc1cc(C(C)C)no1)NC1CC(=O)N(c2ccccc2)C1.I. The molecule has 2 N–H and O–H groups in total. The number of anilines is 1. The summed E-state index contributed by atoms with van der Waals surface area (Å²) >= 11 is 0. The number of amides is 1. The van der Waals surface area contributed by atoms with Crippen LogP contribution in [0.2, 0.25) is 0 Å². The molecule has 0 saturated carbocycles. The molecule has 0 spiro atoms. The third-order valence-corrected chi connectivity index (χ3v) is 4.36. The molecule has 146 valence electrons. The minimum atomic E-state index is 0. The van der Waals surface area contributed by atoms with Gasteiger partial charge in [0.1, 0.15) is 0 Å². The average molecular weight is 483 g/mol. The third-order valence-electron chi connectivity index (χ3n) is 4.36. The van der Waals surface area contributed by atoms with Crippen LogP contribution in [0.4, 0.5) is 5.69 Å². The number of aliphatic imine (C=N–C) groups is 1. The Morgan fingerprint density at radius 3 is 2.74 bits per heavy atom. The van der Waals surface area contributed by atoms with Crippen molar-refractivity contribution in [3.63, 3.8) is 0 Å². The summed E-state index contributed by atoms with van der Waals surface area (Å²) in [4.78, 5) is 18.3. The molecule has 1 unspecified atom stereocenters. The van der Waals surface area contributed by atoms with Gasteiger partial charge < -0.3 is 20.1 Å². The summed E-state index contributed by atoms with van der Waals surface area (Å²) < 4.78 is 5.33. The minimum absolute atomic E-state index is 0. The second kappa shape index (κ2) is 9.72. The first-order valence-electron chi connectivity index (χ1n) is 8.85. The van der Waals surface area contributed by atoms with Crippen LogP contribution in [0.15, 0.2) is 45.9 Å². The van der Waals surface area contributed by atoms with Crippen molar-refractivity contribution in [1.29, 1.82) is 0 Å². The Balaban J connectivity index is 0.00000261. The molecule has 0 aliphatic carbocycles. The summed E-state index contributed by atoms with van der Waals surface area (Å²) in [5.74, 6) is 1.84. The van der Waals surface area contributed by atoms with E-state index in [9.17, 15) is 4.79 Å². The number of hydrogen-bond donors (Lipinski definition) is 2. The van der Waals surface area contributed by atoms with Crippen molar-refractivity contribution in [2.45, 2.75) is 38.8 Å². The van der Waals surface area contributed by atoms with E-state index >= 15 is 0 Å². The number of nitrogens with zero attached hydrogens (tertiary/aromatic N) is 3. The van der Waals surface area contributed by atoms with Gasteiger partial charge in [0, 0.05) is 31.8 Å². The van der Waals surface area contributed by atoms with Gasteiger partial charge in [0.15, 0.2) is 11.7 Å². The maximum absolute atomic E-state index is 12.3. The number of carbonyl (C=O) groups is 1. The molecular weight excluding hydrogens is 457 g/mol. The first-order chi connectivity index (χ1) is 12.6. The normalized spacial score (nSPS) is 17.2. The van der Waals surface area contributed by atoms with Crippen molar-refractivity contribution in [2.75, 3.05) is 18.5 Å². The molecule has 3 rings (SSSR count). The zero-order valence-electron chi connectivity index (χ0n) is 15.8. The van der Waals surface area contributed by atoms with Crippen LogP contribution in [-0.2, 0) is 11.3 Å². The summed E-state index contributed by atoms with van der Waals surface area (Å²) in [7, 11) is 1.71. The van der Waals surface area contributed by atoms with Crippen LogP contribution in [0.1, 0.15) is 37.6 Å². The predicted molar refractivity (Wildman–Crippen MR) is 117 cm³/mol. The van der Waals surface area contributed by atoms with Crippen LogP contribution in [0.3, 0.4) is 0 Å². The Hall–Kier alpha value is -2.10. The van der Waals surface area contributed by atoms with E-state index in [1.807, 2.05) is 36.4 Å². The highest BCUT2D eigenvalue weighted by atomic mass is 127. The van der Waals surface area contributed by atoms with Crippen LogP contribution >= 0.6 is 24.0 Å². The summed E-state index contributed by atoms with van der Waals surface area (Å²) in [6.45, 7) is 5.25. The molecule has 2 heterocycles. The fraction of sp³-hybridized carbons (Fsp3) is 0.421. The number of nitrogens with one attached hydrogen (secondary N) is 2. The second-order valence-corrected chi connectivity index (χ2v) is 6.68. The number of hydrogen-bond acceptors (Lipinski definition) is 4. The largest absolute Gasteiger partial charge is 0.359 e. The van der Waals surface area contributed by atoms with E-state index in [4.69, 9.17) is 4.52 Å². The highest BCUT2D eigenvalue weighted by Crippen LogP contribution is 2.21. The summed E-state index contributed by atoms with van der Waals surface area (Å²) in [5, 5.41) is 10.6. The van der Waals surface area contributed by atoms with E-state index in [2.05, 4.69) is 34.6 Å². The van der Waals surface area contributed by atoms with E-state index in [1.165, 1.54) is 0 Å². The monoisotopic (exact) mass is 483 g/mol. The van der Waals surface area contributed by atoms with Crippen LogP contribution < -0.4 is 15.5 Å². The summed E-state index contributed by atoms with van der Waals surface area (Å²) in [6.07, 6.45) is 0.440. The highest BCUT2D eigenvalue weighted by Gasteiger charge is 2.31. The van der Waals surface area contributed by atoms with Gasteiger partial charge in [0.05, 0.1) is 18.3 Å². The Morgan fingerprint density at radius 1 is 1.37 bits per heavy atom. The molecular formula is C19H26IN5O2. The average Bonchev–Trinajstić information content (AvgIpc) is 3.26. The van der Waals surface area contributed by atoms with Gasteiger partial charge in [-0.05, 0) is 18.1 Å². The van der Waals surface area contributed by atoms with Crippen LogP contribution in [0.5, 0.6) is 0 Å². The molecule has 1 aromatic heterocycles. The van der Waals surface area contributed by atoms with Crippen molar-refractivity contribution >= 4 is 41.5 Å². The van der Waals surface area contributed by atoms with Crippen molar-refractivity contribution in [3.8, 4) is 0 Å². The lowest BCUT2D eigenvalue weighted by Gasteiger charge is -2.18. The van der Waals surface area contributed by atoms with Gasteiger partial charge in [-0.15, -0.1) is 24.0 Å². The van der Waals surface area contributed by atoms with E-state index in [0.29, 0.717) is 31.4 Å². The lowest BCUT2D eigenvalue weighted by Crippen LogP contribution is -2.44. The summed E-state index contributed by atoms with van der Waals surface area (Å²) in [5.41, 5.74) is 1.86. The minimum Gasteiger partial charge on any atom is -0.359 e. The maximum Gasteiger partial charge on any atom is 0.229 e. The summed E-state index contributed by atoms with van der Waals surface area (Å²) in [6, 6.07) is 11.7. The zero-order valence-corrected chi connectivity index (χ0v) is 18.1. The number of benzene rings is 1. The van der Waals surface area contributed by atoms with E-state index < -0.39 is 0 Å². The Kier molecular flexibility index (Phi) is 7.64.